The molecule has 0 aliphatic carbocycles. The van der Waals surface area contributed by atoms with Crippen molar-refractivity contribution in [2.75, 3.05) is 5.75 Å². The minimum absolute atomic E-state index is 0.0936. The summed E-state index contributed by atoms with van der Waals surface area (Å²) in [4.78, 5) is 13.1. The topological polar surface area (TPSA) is 50.7 Å². The number of rotatable bonds is 9. The van der Waals surface area contributed by atoms with E-state index in [1.165, 1.54) is 16.0 Å². The quantitative estimate of drug-likeness (QED) is 0.283. The lowest BCUT2D eigenvalue weighted by atomic mass is 10.2. The molecule has 0 aromatic heterocycles. The number of hydrogen-bond donors (Lipinski definition) is 1. The Morgan fingerprint density at radius 3 is 2.23 bits per heavy atom. The predicted octanol–water partition coefficient (Wildman–Crippen LogP) is 5.51. The SMILES string of the molecule is Cc1ccc(COc2ccc(/C=N\NC(=O)CCSc3ccc(C)cc3)cc2)cc1. The maximum atomic E-state index is 11.9. The van der Waals surface area contributed by atoms with Gasteiger partial charge in [0.05, 0.1) is 6.21 Å². The molecule has 154 valence electrons. The van der Waals surface area contributed by atoms with Crippen LogP contribution in [0.4, 0.5) is 0 Å². The van der Waals surface area contributed by atoms with E-state index in [4.69, 9.17) is 4.74 Å². The molecule has 1 amide bonds. The number of nitrogens with one attached hydrogen (secondary N) is 1. The monoisotopic (exact) mass is 418 g/mol. The van der Waals surface area contributed by atoms with Gasteiger partial charge >= 0.3 is 0 Å². The molecule has 0 bridgehead atoms. The molecule has 3 rings (SSSR count). The van der Waals surface area contributed by atoms with Crippen molar-refractivity contribution in [3.8, 4) is 5.75 Å². The lowest BCUT2D eigenvalue weighted by Crippen LogP contribution is -2.17. The van der Waals surface area contributed by atoms with Crippen LogP contribution in [0.2, 0.25) is 0 Å². The lowest BCUT2D eigenvalue weighted by molar-refractivity contribution is -0.120. The van der Waals surface area contributed by atoms with Gasteiger partial charge in [0.15, 0.2) is 0 Å². The minimum atomic E-state index is -0.0936. The molecule has 0 saturated heterocycles. The van der Waals surface area contributed by atoms with Gasteiger partial charge in [-0.25, -0.2) is 5.43 Å². The Morgan fingerprint density at radius 1 is 0.933 bits per heavy atom. The largest absolute Gasteiger partial charge is 0.489 e. The van der Waals surface area contributed by atoms with Gasteiger partial charge in [-0.1, -0.05) is 47.5 Å². The molecule has 0 saturated carbocycles. The molecule has 5 heteroatoms. The van der Waals surface area contributed by atoms with E-state index < -0.39 is 0 Å². The van der Waals surface area contributed by atoms with Crippen molar-refractivity contribution in [2.45, 2.75) is 31.8 Å². The first-order chi connectivity index (χ1) is 14.6. The number of carbonyl (C=O) groups is 1. The fraction of sp³-hybridized carbons (Fsp3) is 0.200. The van der Waals surface area contributed by atoms with Gasteiger partial charge in [0.2, 0.25) is 5.91 Å². The van der Waals surface area contributed by atoms with Crippen molar-refractivity contribution < 1.29 is 9.53 Å². The average molecular weight is 419 g/mol. The van der Waals surface area contributed by atoms with Crippen LogP contribution >= 0.6 is 11.8 Å². The Morgan fingerprint density at radius 2 is 1.57 bits per heavy atom. The van der Waals surface area contributed by atoms with E-state index in [1.807, 2.05) is 24.3 Å². The minimum Gasteiger partial charge on any atom is -0.489 e. The van der Waals surface area contributed by atoms with Crippen LogP contribution in [0.25, 0.3) is 0 Å². The lowest BCUT2D eigenvalue weighted by Gasteiger charge is -2.07. The predicted molar refractivity (Wildman–Crippen MR) is 124 cm³/mol. The van der Waals surface area contributed by atoms with Crippen LogP contribution in [0, 0.1) is 13.8 Å². The maximum absolute atomic E-state index is 11.9. The summed E-state index contributed by atoms with van der Waals surface area (Å²) in [7, 11) is 0. The van der Waals surface area contributed by atoms with Crippen LogP contribution in [-0.4, -0.2) is 17.9 Å². The van der Waals surface area contributed by atoms with Crippen LogP contribution in [0.15, 0.2) is 82.8 Å². The first kappa shape index (κ1) is 21.7. The molecule has 4 nitrogen and oxygen atoms in total. The van der Waals surface area contributed by atoms with Crippen molar-refractivity contribution in [1.82, 2.24) is 5.43 Å². The number of hydrogen-bond acceptors (Lipinski definition) is 4. The Balaban J connectivity index is 1.37. The van der Waals surface area contributed by atoms with Crippen LogP contribution in [0.5, 0.6) is 5.75 Å². The summed E-state index contributed by atoms with van der Waals surface area (Å²) in [6.45, 7) is 4.66. The molecule has 3 aromatic rings. The summed E-state index contributed by atoms with van der Waals surface area (Å²) in [5.41, 5.74) is 7.08. The highest BCUT2D eigenvalue weighted by Gasteiger charge is 2.01. The van der Waals surface area contributed by atoms with Crippen LogP contribution in [0.3, 0.4) is 0 Å². The van der Waals surface area contributed by atoms with E-state index in [1.54, 1.807) is 18.0 Å². The van der Waals surface area contributed by atoms with Gasteiger partial charge in [-0.2, -0.15) is 5.10 Å². The van der Waals surface area contributed by atoms with Gasteiger partial charge in [0.1, 0.15) is 12.4 Å². The molecule has 0 heterocycles. The zero-order chi connectivity index (χ0) is 21.2. The molecule has 0 aliphatic heterocycles. The highest BCUT2D eigenvalue weighted by Crippen LogP contribution is 2.19. The third kappa shape index (κ3) is 7.41. The summed E-state index contributed by atoms with van der Waals surface area (Å²) in [6.07, 6.45) is 2.05. The maximum Gasteiger partial charge on any atom is 0.240 e. The molecular weight excluding hydrogens is 392 g/mol. The summed E-state index contributed by atoms with van der Waals surface area (Å²) in [6, 6.07) is 24.2. The van der Waals surface area contributed by atoms with Crippen molar-refractivity contribution >= 4 is 23.9 Å². The van der Waals surface area contributed by atoms with E-state index in [9.17, 15) is 4.79 Å². The van der Waals surface area contributed by atoms with Crippen LogP contribution in [-0.2, 0) is 11.4 Å². The third-order valence-electron chi connectivity index (χ3n) is 4.43. The number of carbonyl (C=O) groups excluding carboxylic acids is 1. The van der Waals surface area contributed by atoms with Gasteiger partial charge in [0.25, 0.3) is 0 Å². The first-order valence-corrected chi connectivity index (χ1v) is 10.9. The molecule has 0 fully saturated rings. The molecule has 0 unspecified atom stereocenters. The molecule has 0 spiro atoms. The number of amides is 1. The van der Waals surface area contributed by atoms with Gasteiger partial charge < -0.3 is 4.74 Å². The molecular formula is C25H26N2O2S. The standard InChI is InChI=1S/C25H26N2O2S/c1-19-3-7-22(8-4-19)18-29-23-11-9-21(10-12-23)17-26-27-25(28)15-16-30-24-13-5-20(2)6-14-24/h3-14,17H,15-16,18H2,1-2H3,(H,27,28)/b26-17-. The number of benzene rings is 3. The van der Waals surface area contributed by atoms with E-state index >= 15 is 0 Å². The van der Waals surface area contributed by atoms with Crippen molar-refractivity contribution in [3.63, 3.8) is 0 Å². The second kappa shape index (κ2) is 11.2. The number of hydrazone groups is 1. The number of thioether (sulfide) groups is 1. The molecule has 0 radical (unpaired) electrons. The number of ether oxygens (including phenoxy) is 1. The Hall–Kier alpha value is -3.05. The summed E-state index contributed by atoms with van der Waals surface area (Å²) in [5.74, 6) is 1.42. The molecule has 1 N–H and O–H groups in total. The normalized spacial score (nSPS) is 10.9. The summed E-state index contributed by atoms with van der Waals surface area (Å²) >= 11 is 1.67. The third-order valence-corrected chi connectivity index (χ3v) is 5.44. The molecule has 30 heavy (non-hydrogen) atoms. The van der Waals surface area contributed by atoms with E-state index in [2.05, 4.69) is 72.9 Å². The second-order valence-corrected chi connectivity index (χ2v) is 8.22. The molecule has 3 aromatic carbocycles. The zero-order valence-electron chi connectivity index (χ0n) is 17.3. The van der Waals surface area contributed by atoms with Gasteiger partial charge in [-0.15, -0.1) is 11.8 Å². The van der Waals surface area contributed by atoms with Crippen LogP contribution in [0.1, 0.15) is 28.7 Å². The first-order valence-electron chi connectivity index (χ1n) is 9.88. The van der Waals surface area contributed by atoms with E-state index in [0.29, 0.717) is 13.0 Å². The van der Waals surface area contributed by atoms with Crippen LogP contribution < -0.4 is 10.2 Å². The van der Waals surface area contributed by atoms with E-state index in [0.717, 1.165) is 22.6 Å². The number of nitrogens with zero attached hydrogens (tertiary/aromatic N) is 1. The Bertz CT molecular complexity index is 966. The van der Waals surface area contributed by atoms with Gasteiger partial charge in [-0.05, 0) is 61.4 Å². The molecule has 0 atom stereocenters. The van der Waals surface area contributed by atoms with Crippen molar-refractivity contribution in [2.24, 2.45) is 5.10 Å². The highest BCUT2D eigenvalue weighted by molar-refractivity contribution is 7.99. The highest BCUT2D eigenvalue weighted by atomic mass is 32.2. The molecule has 0 aliphatic rings. The van der Waals surface area contributed by atoms with E-state index in [-0.39, 0.29) is 5.91 Å². The van der Waals surface area contributed by atoms with Gasteiger partial charge in [0, 0.05) is 17.1 Å². The Labute approximate surface area is 182 Å². The Kier molecular flexibility index (Phi) is 8.10. The summed E-state index contributed by atoms with van der Waals surface area (Å²) < 4.78 is 5.80. The smallest absolute Gasteiger partial charge is 0.240 e. The average Bonchev–Trinajstić information content (AvgIpc) is 2.76. The fourth-order valence-corrected chi connectivity index (χ4v) is 3.48. The second-order valence-electron chi connectivity index (χ2n) is 7.05. The number of aryl methyl sites for hydroxylation is 2. The van der Waals surface area contributed by atoms with Gasteiger partial charge in [-0.3, -0.25) is 4.79 Å². The summed E-state index contributed by atoms with van der Waals surface area (Å²) in [5, 5.41) is 4.04. The zero-order valence-corrected chi connectivity index (χ0v) is 18.1. The fourth-order valence-electron chi connectivity index (χ4n) is 2.63. The van der Waals surface area contributed by atoms with Crippen molar-refractivity contribution in [1.29, 1.82) is 0 Å². The van der Waals surface area contributed by atoms with Crippen molar-refractivity contribution in [3.05, 3.63) is 95.1 Å².